The van der Waals surface area contributed by atoms with Gasteiger partial charge in [-0.25, -0.2) is 0 Å². The Hall–Kier alpha value is 0.0969. The molecule has 0 aliphatic rings. The van der Waals surface area contributed by atoms with Crippen LogP contribution in [0.15, 0.2) is 0 Å². The monoisotopic (exact) mass is 259 g/mol. The molecule has 3 nitrogen and oxygen atoms in total. The van der Waals surface area contributed by atoms with Gasteiger partial charge in [-0.1, -0.05) is 33.6 Å². The Labute approximate surface area is 110 Å². The molecule has 0 heterocycles. The smallest absolute Gasteiger partial charge is 0.282 e. The molecule has 0 aliphatic heterocycles. The van der Waals surface area contributed by atoms with Crippen molar-refractivity contribution in [2.24, 2.45) is 0 Å². The van der Waals surface area contributed by atoms with Crippen LogP contribution in [0.1, 0.15) is 59.3 Å². The molecule has 0 aromatic carbocycles. The average molecular weight is 259 g/mol. The van der Waals surface area contributed by atoms with E-state index in [0.29, 0.717) is 19.4 Å². The Balaban J connectivity index is 4.32. The van der Waals surface area contributed by atoms with Crippen molar-refractivity contribution in [3.05, 3.63) is 0 Å². The van der Waals surface area contributed by atoms with Crippen molar-refractivity contribution in [3.63, 3.8) is 0 Å². The maximum atomic E-state index is 5.79. The van der Waals surface area contributed by atoms with Crippen LogP contribution >= 0.6 is 0 Å². The molecule has 0 rings (SSSR count). The molecule has 0 aliphatic carbocycles. The third-order valence-electron chi connectivity index (χ3n) is 2.43. The number of rotatable bonds is 12. The molecule has 0 atom stereocenters. The Bertz CT molecular complexity index is 157. The van der Waals surface area contributed by atoms with Gasteiger partial charge in [0.15, 0.2) is 0 Å². The molecule has 0 aromatic rings. The van der Waals surface area contributed by atoms with Crippen molar-refractivity contribution in [1.29, 1.82) is 0 Å². The lowest BCUT2D eigenvalue weighted by Gasteiger charge is -2.33. The van der Waals surface area contributed by atoms with E-state index in [1.54, 1.807) is 0 Å². The van der Waals surface area contributed by atoms with E-state index in [9.17, 15) is 0 Å². The highest BCUT2D eigenvalue weighted by molar-refractivity contribution is 6.08. The summed E-state index contributed by atoms with van der Waals surface area (Å²) < 4.78 is 17.2. The lowest BCUT2D eigenvalue weighted by Crippen LogP contribution is -2.40. The topological polar surface area (TPSA) is 27.7 Å². The number of unbranched alkanes of at least 4 members (excludes halogenated alkanes) is 2. The zero-order chi connectivity index (χ0) is 13.0. The Morgan fingerprint density at radius 1 is 0.824 bits per heavy atom. The van der Waals surface area contributed by atoms with Crippen molar-refractivity contribution in [2.75, 3.05) is 19.4 Å². The van der Waals surface area contributed by atoms with Gasteiger partial charge in [0.25, 0.3) is 5.97 Å². The van der Waals surface area contributed by atoms with E-state index >= 15 is 0 Å². The van der Waals surface area contributed by atoms with Crippen LogP contribution in [0.3, 0.4) is 0 Å². The van der Waals surface area contributed by atoms with Crippen molar-refractivity contribution in [2.45, 2.75) is 65.3 Å². The van der Waals surface area contributed by atoms with Crippen molar-refractivity contribution >= 4 is 10.2 Å². The van der Waals surface area contributed by atoms with E-state index in [1.165, 1.54) is 12.8 Å². The van der Waals surface area contributed by atoms with E-state index in [0.717, 1.165) is 25.7 Å². The average Bonchev–Trinajstić information content (AvgIpc) is 2.34. The van der Waals surface area contributed by atoms with E-state index in [2.05, 4.69) is 31.0 Å². The van der Waals surface area contributed by atoms with Gasteiger partial charge in [0.05, 0.1) is 23.5 Å². The summed E-state index contributed by atoms with van der Waals surface area (Å²) in [6, 6.07) is 0. The fraction of sp³-hybridized carbons (Fsp3) is 1.00. The third kappa shape index (κ3) is 7.92. The molecule has 4 heteroatoms. The van der Waals surface area contributed by atoms with Gasteiger partial charge in [-0.15, -0.1) is 0 Å². The summed E-state index contributed by atoms with van der Waals surface area (Å²) in [5.41, 5.74) is 0. The molecule has 0 fully saturated rings. The van der Waals surface area contributed by atoms with Gasteiger partial charge in [-0.05, 0) is 19.3 Å². The summed E-state index contributed by atoms with van der Waals surface area (Å²) in [5, 5.41) is 0. The van der Waals surface area contributed by atoms with Crippen molar-refractivity contribution in [1.82, 2.24) is 0 Å². The number of hydrogen-bond acceptors (Lipinski definition) is 3. The van der Waals surface area contributed by atoms with Gasteiger partial charge in [0.2, 0.25) is 0 Å². The molecule has 0 aromatic heterocycles. The first-order valence-electron chi connectivity index (χ1n) is 6.81. The number of ether oxygens (including phenoxy) is 3. The van der Waals surface area contributed by atoms with Gasteiger partial charge >= 0.3 is 0 Å². The molecule has 0 bridgehead atoms. The third-order valence-corrected chi connectivity index (χ3v) is 2.58. The normalized spacial score (nSPS) is 12.0. The van der Waals surface area contributed by atoms with Crippen LogP contribution in [0.25, 0.3) is 0 Å². The molecule has 3 radical (unpaired) electrons. The standard InChI is InChI=1S/C13H27O3Si/c1-4-7-8-9-13(16-12-17,14-10-5-2)15-11-6-3/h4-12H2,1-3H3. The predicted octanol–water partition coefficient (Wildman–Crippen LogP) is 3.22. The zero-order valence-corrected chi connectivity index (χ0v) is 12.6. The highest BCUT2D eigenvalue weighted by Crippen LogP contribution is 2.24. The van der Waals surface area contributed by atoms with Crippen molar-refractivity contribution in [3.8, 4) is 0 Å². The summed E-state index contributed by atoms with van der Waals surface area (Å²) in [6.45, 7) is 7.70. The molecule has 0 spiro atoms. The second kappa shape index (κ2) is 11.2. The molecular formula is C13H27O3Si. The van der Waals surface area contributed by atoms with Crippen LogP contribution < -0.4 is 0 Å². The van der Waals surface area contributed by atoms with E-state index in [-0.39, 0.29) is 0 Å². The highest BCUT2D eigenvalue weighted by atomic mass is 28.1. The second-order valence-electron chi connectivity index (χ2n) is 4.13. The van der Waals surface area contributed by atoms with Crippen LogP contribution in [-0.2, 0) is 14.2 Å². The van der Waals surface area contributed by atoms with E-state index in [4.69, 9.17) is 14.2 Å². The maximum absolute atomic E-state index is 5.79. The fourth-order valence-corrected chi connectivity index (χ4v) is 1.78. The summed E-state index contributed by atoms with van der Waals surface area (Å²) in [7, 11) is 3.34. The number of hydrogen-bond donors (Lipinski definition) is 0. The Morgan fingerprint density at radius 3 is 1.82 bits per heavy atom. The second-order valence-corrected chi connectivity index (χ2v) is 4.41. The van der Waals surface area contributed by atoms with Gasteiger partial charge in [-0.3, -0.25) is 0 Å². The maximum Gasteiger partial charge on any atom is 0.282 e. The summed E-state index contributed by atoms with van der Waals surface area (Å²) in [5.74, 6) is -0.844. The van der Waals surface area contributed by atoms with Crippen LogP contribution in [0.4, 0.5) is 0 Å². The summed E-state index contributed by atoms with van der Waals surface area (Å²) >= 11 is 0. The minimum Gasteiger partial charge on any atom is -0.332 e. The first-order chi connectivity index (χ1) is 8.24. The van der Waals surface area contributed by atoms with Crippen LogP contribution in [-0.4, -0.2) is 35.7 Å². The molecule has 0 N–H and O–H groups in total. The van der Waals surface area contributed by atoms with E-state index in [1.807, 2.05) is 0 Å². The fourth-order valence-electron chi connectivity index (χ4n) is 1.56. The first kappa shape index (κ1) is 17.1. The predicted molar refractivity (Wildman–Crippen MR) is 71.1 cm³/mol. The van der Waals surface area contributed by atoms with Crippen LogP contribution in [0.5, 0.6) is 0 Å². The van der Waals surface area contributed by atoms with Crippen LogP contribution in [0.2, 0.25) is 0 Å². The minimum atomic E-state index is -0.844. The van der Waals surface area contributed by atoms with Gasteiger partial charge in [0, 0.05) is 12.7 Å². The van der Waals surface area contributed by atoms with Gasteiger partial charge in [-0.2, -0.15) is 0 Å². The zero-order valence-electron chi connectivity index (χ0n) is 11.6. The summed E-state index contributed by atoms with van der Waals surface area (Å²) in [6.07, 6.45) is 6.59. The molecule has 0 saturated carbocycles. The minimum absolute atomic E-state index is 0.430. The first-order valence-corrected chi connectivity index (χ1v) is 7.51. The van der Waals surface area contributed by atoms with Crippen LogP contribution in [0, 0.1) is 0 Å². The quantitative estimate of drug-likeness (QED) is 0.306. The largest absolute Gasteiger partial charge is 0.332 e. The van der Waals surface area contributed by atoms with Gasteiger partial charge < -0.3 is 14.2 Å². The molecule has 0 unspecified atom stereocenters. The molecule has 101 valence electrons. The Kier molecular flexibility index (Phi) is 11.3. The molecule has 17 heavy (non-hydrogen) atoms. The lowest BCUT2D eigenvalue weighted by atomic mass is 10.2. The highest BCUT2D eigenvalue weighted by Gasteiger charge is 2.32. The Morgan fingerprint density at radius 2 is 1.41 bits per heavy atom. The SMILES string of the molecule is CCCCCC(OC[Si])(OCCC)OCCC. The van der Waals surface area contributed by atoms with Crippen molar-refractivity contribution < 1.29 is 14.2 Å². The van der Waals surface area contributed by atoms with E-state index < -0.39 is 5.97 Å². The van der Waals surface area contributed by atoms with Gasteiger partial charge in [0.1, 0.15) is 0 Å². The molecular weight excluding hydrogens is 232 g/mol. The molecule has 0 amide bonds. The summed E-state index contributed by atoms with van der Waals surface area (Å²) in [4.78, 5) is 0. The lowest BCUT2D eigenvalue weighted by molar-refractivity contribution is -0.378. The molecule has 0 saturated heterocycles.